The van der Waals surface area contributed by atoms with Crippen molar-refractivity contribution in [3.8, 4) is 0 Å². The van der Waals surface area contributed by atoms with Gasteiger partial charge < -0.3 is 4.90 Å². The second-order valence-corrected chi connectivity index (χ2v) is 3.86. The van der Waals surface area contributed by atoms with Crippen LogP contribution in [0.15, 0.2) is 12.3 Å². The van der Waals surface area contributed by atoms with Gasteiger partial charge in [-0.25, -0.2) is 0 Å². The molecule has 0 saturated carbocycles. The van der Waals surface area contributed by atoms with Crippen molar-refractivity contribution in [2.75, 3.05) is 6.54 Å². The monoisotopic (exact) mass is 236 g/mol. The van der Waals surface area contributed by atoms with Crippen LogP contribution in [0.5, 0.6) is 0 Å². The first kappa shape index (κ1) is 11.3. The van der Waals surface area contributed by atoms with Crippen LogP contribution >= 0.6 is 0 Å². The van der Waals surface area contributed by atoms with Crippen LogP contribution in [0, 0.1) is 0 Å². The third kappa shape index (κ3) is 1.91. The highest BCUT2D eigenvalue weighted by Gasteiger charge is 2.34. The summed E-state index contributed by atoms with van der Waals surface area (Å²) in [6, 6.07) is 0.890. The van der Waals surface area contributed by atoms with Crippen LogP contribution in [0.3, 0.4) is 0 Å². The Morgan fingerprint density at radius 1 is 1.53 bits per heavy atom. The van der Waals surface area contributed by atoms with E-state index in [1.165, 1.54) is 15.8 Å². The molecule has 0 aliphatic carbocycles. The molecule has 0 spiro atoms. The van der Waals surface area contributed by atoms with Gasteiger partial charge in [-0.1, -0.05) is 0 Å². The van der Waals surface area contributed by atoms with Crippen molar-refractivity contribution in [1.29, 1.82) is 0 Å². The number of nitrogens with zero attached hydrogens (tertiary/aromatic N) is 3. The molecule has 1 aliphatic rings. The van der Waals surface area contributed by atoms with E-state index in [0.29, 0.717) is 5.69 Å². The number of nitrogens with one attached hydrogen (secondary N) is 1. The second kappa shape index (κ2) is 4.00. The number of amides is 3. The fraction of sp³-hybridized carbons (Fsp3) is 0.400. The average molecular weight is 236 g/mol. The summed E-state index contributed by atoms with van der Waals surface area (Å²) in [6.45, 7) is 1.47. The lowest BCUT2D eigenvalue weighted by Crippen LogP contribution is -2.58. The molecular formula is C10H12N4O3. The quantitative estimate of drug-likeness (QED) is 0.628. The molecule has 7 nitrogen and oxygen atoms in total. The number of imide groups is 1. The normalized spacial score (nSPS) is 20.4. The van der Waals surface area contributed by atoms with Crippen LogP contribution in [-0.2, 0) is 16.6 Å². The van der Waals surface area contributed by atoms with Crippen molar-refractivity contribution < 1.29 is 14.4 Å². The van der Waals surface area contributed by atoms with Crippen LogP contribution < -0.4 is 5.32 Å². The molecule has 1 N–H and O–H groups in total. The molecule has 0 aromatic carbocycles. The molecular weight excluding hydrogens is 224 g/mol. The fourth-order valence-electron chi connectivity index (χ4n) is 1.69. The minimum atomic E-state index is -0.657. The van der Waals surface area contributed by atoms with Crippen molar-refractivity contribution in [3.63, 3.8) is 0 Å². The van der Waals surface area contributed by atoms with Crippen molar-refractivity contribution in [1.82, 2.24) is 20.0 Å². The van der Waals surface area contributed by atoms with Gasteiger partial charge in [0.25, 0.3) is 5.91 Å². The predicted octanol–water partition coefficient (Wildman–Crippen LogP) is -1.09. The van der Waals surface area contributed by atoms with Gasteiger partial charge in [-0.05, 0) is 13.0 Å². The molecule has 7 heteroatoms. The lowest BCUT2D eigenvalue weighted by molar-refractivity contribution is -0.138. The standard InChI is InChI=1S/C10H12N4O3/c1-6-9(16)12-8(15)5-14(6)10(17)7-3-4-11-13(7)2/h3-4,6H,5H2,1-2H3,(H,12,15,16). The Hall–Kier alpha value is -2.18. The molecule has 3 amide bonds. The first-order chi connectivity index (χ1) is 8.00. The van der Waals surface area contributed by atoms with Crippen LogP contribution in [0.2, 0.25) is 0 Å². The molecule has 1 fully saturated rings. The molecule has 1 aromatic rings. The number of aryl methyl sites for hydroxylation is 1. The SMILES string of the molecule is CC1C(=O)NC(=O)CN1C(=O)c1ccnn1C. The van der Waals surface area contributed by atoms with E-state index < -0.39 is 17.9 Å². The molecule has 0 radical (unpaired) electrons. The van der Waals surface area contributed by atoms with E-state index in [1.54, 1.807) is 20.0 Å². The highest BCUT2D eigenvalue weighted by molar-refractivity contribution is 6.06. The van der Waals surface area contributed by atoms with Gasteiger partial charge in [-0.2, -0.15) is 5.10 Å². The maximum absolute atomic E-state index is 12.1. The number of aromatic nitrogens is 2. The topological polar surface area (TPSA) is 84.3 Å². The Kier molecular flexibility index (Phi) is 2.66. The molecule has 17 heavy (non-hydrogen) atoms. The molecule has 1 atom stereocenters. The Morgan fingerprint density at radius 3 is 2.82 bits per heavy atom. The summed E-state index contributed by atoms with van der Waals surface area (Å²) in [5.41, 5.74) is 0.347. The molecule has 0 bridgehead atoms. The highest BCUT2D eigenvalue weighted by atomic mass is 16.2. The molecule has 2 heterocycles. The Bertz CT molecular complexity index is 493. The van der Waals surface area contributed by atoms with E-state index in [-0.39, 0.29) is 12.5 Å². The summed E-state index contributed by atoms with van der Waals surface area (Å²) in [6.07, 6.45) is 1.49. The van der Waals surface area contributed by atoms with Crippen molar-refractivity contribution in [2.45, 2.75) is 13.0 Å². The summed E-state index contributed by atoms with van der Waals surface area (Å²) in [4.78, 5) is 36.0. The van der Waals surface area contributed by atoms with E-state index in [9.17, 15) is 14.4 Å². The summed E-state index contributed by atoms with van der Waals surface area (Å²) < 4.78 is 1.41. The minimum absolute atomic E-state index is 0.114. The van der Waals surface area contributed by atoms with Crippen LogP contribution in [0.4, 0.5) is 0 Å². The zero-order valence-electron chi connectivity index (χ0n) is 9.51. The number of rotatable bonds is 1. The first-order valence-electron chi connectivity index (χ1n) is 5.13. The molecule has 90 valence electrons. The minimum Gasteiger partial charge on any atom is -0.316 e. The van der Waals surface area contributed by atoms with E-state index in [0.717, 1.165) is 0 Å². The van der Waals surface area contributed by atoms with Crippen LogP contribution in [0.1, 0.15) is 17.4 Å². The maximum Gasteiger partial charge on any atom is 0.273 e. The van der Waals surface area contributed by atoms with Crippen LogP contribution in [0.25, 0.3) is 0 Å². The Morgan fingerprint density at radius 2 is 2.24 bits per heavy atom. The van der Waals surface area contributed by atoms with Gasteiger partial charge in [0.15, 0.2) is 0 Å². The summed E-state index contributed by atoms with van der Waals surface area (Å²) in [7, 11) is 1.63. The van der Waals surface area contributed by atoms with Gasteiger partial charge >= 0.3 is 0 Å². The van der Waals surface area contributed by atoms with Crippen molar-refractivity contribution >= 4 is 17.7 Å². The number of hydrogen-bond donors (Lipinski definition) is 1. The van der Waals surface area contributed by atoms with Gasteiger partial charge in [0.1, 0.15) is 18.3 Å². The van der Waals surface area contributed by atoms with Gasteiger partial charge in [0.2, 0.25) is 11.8 Å². The number of hydrogen-bond acceptors (Lipinski definition) is 4. The van der Waals surface area contributed by atoms with E-state index in [4.69, 9.17) is 0 Å². The zero-order valence-corrected chi connectivity index (χ0v) is 9.51. The third-order valence-electron chi connectivity index (χ3n) is 2.72. The van der Waals surface area contributed by atoms with Gasteiger partial charge in [-0.15, -0.1) is 0 Å². The Labute approximate surface area is 97.4 Å². The molecule has 1 aliphatic heterocycles. The first-order valence-corrected chi connectivity index (χ1v) is 5.13. The van der Waals surface area contributed by atoms with Crippen molar-refractivity contribution in [3.05, 3.63) is 18.0 Å². The Balaban J connectivity index is 2.27. The van der Waals surface area contributed by atoms with Gasteiger partial charge in [-0.3, -0.25) is 24.4 Å². The maximum atomic E-state index is 12.1. The average Bonchev–Trinajstić information content (AvgIpc) is 2.69. The number of piperazine rings is 1. The lowest BCUT2D eigenvalue weighted by atomic mass is 10.2. The van der Waals surface area contributed by atoms with Gasteiger partial charge in [0, 0.05) is 13.2 Å². The summed E-state index contributed by atoms with van der Waals surface area (Å²) in [5.74, 6) is -1.30. The summed E-state index contributed by atoms with van der Waals surface area (Å²) in [5, 5.41) is 6.06. The highest BCUT2D eigenvalue weighted by Crippen LogP contribution is 2.10. The predicted molar refractivity (Wildman–Crippen MR) is 56.9 cm³/mol. The molecule has 1 unspecified atom stereocenters. The number of carbonyl (C=O) groups is 3. The smallest absolute Gasteiger partial charge is 0.273 e. The molecule has 1 saturated heterocycles. The zero-order chi connectivity index (χ0) is 12.6. The number of carbonyl (C=O) groups excluding carboxylic acids is 3. The van der Waals surface area contributed by atoms with Gasteiger partial charge in [0.05, 0.1) is 0 Å². The second-order valence-electron chi connectivity index (χ2n) is 3.86. The molecule has 2 rings (SSSR count). The van der Waals surface area contributed by atoms with E-state index in [1.807, 2.05) is 0 Å². The summed E-state index contributed by atoms with van der Waals surface area (Å²) >= 11 is 0. The fourth-order valence-corrected chi connectivity index (χ4v) is 1.69. The van der Waals surface area contributed by atoms with E-state index >= 15 is 0 Å². The molecule has 1 aromatic heterocycles. The largest absolute Gasteiger partial charge is 0.316 e. The van der Waals surface area contributed by atoms with Crippen molar-refractivity contribution in [2.24, 2.45) is 7.05 Å². The third-order valence-corrected chi connectivity index (χ3v) is 2.72. The lowest BCUT2D eigenvalue weighted by Gasteiger charge is -2.31. The van der Waals surface area contributed by atoms with Crippen LogP contribution in [-0.4, -0.2) is 45.0 Å². The van der Waals surface area contributed by atoms with E-state index in [2.05, 4.69) is 10.4 Å².